The van der Waals surface area contributed by atoms with E-state index in [1.165, 1.54) is 17.0 Å². The van der Waals surface area contributed by atoms with Crippen LogP contribution >= 0.6 is 11.6 Å². The number of benzene rings is 1. The van der Waals surface area contributed by atoms with Crippen molar-refractivity contribution in [3.05, 3.63) is 52.3 Å². The zero-order valence-electron chi connectivity index (χ0n) is 13.9. The van der Waals surface area contributed by atoms with Gasteiger partial charge in [0.2, 0.25) is 0 Å². The molecule has 2 heterocycles. The number of aliphatic imine (C=N–C) groups is 1. The van der Waals surface area contributed by atoms with Crippen molar-refractivity contribution >= 4 is 28.9 Å². The van der Waals surface area contributed by atoms with Gasteiger partial charge in [0.15, 0.2) is 6.29 Å². The number of anilines is 1. The van der Waals surface area contributed by atoms with Crippen LogP contribution in [0.2, 0.25) is 5.02 Å². The summed E-state index contributed by atoms with van der Waals surface area (Å²) in [5.41, 5.74) is 12.9. The first-order valence-corrected chi connectivity index (χ1v) is 7.96. The number of rotatable bonds is 2. The molecule has 3 rings (SSSR count). The van der Waals surface area contributed by atoms with Crippen molar-refractivity contribution in [3.63, 3.8) is 0 Å². The average molecular weight is 385 g/mol. The highest BCUT2D eigenvalue weighted by atomic mass is 35.5. The van der Waals surface area contributed by atoms with Crippen molar-refractivity contribution in [1.82, 2.24) is 9.78 Å². The maximum absolute atomic E-state index is 13.0. The molecule has 1 aromatic heterocycles. The number of amidine groups is 1. The third kappa shape index (κ3) is 3.27. The summed E-state index contributed by atoms with van der Waals surface area (Å²) in [5.74, 6) is 0.653. The van der Waals surface area contributed by atoms with Crippen LogP contribution in [0.25, 0.3) is 5.82 Å². The molecule has 4 N–H and O–H groups in total. The normalized spacial score (nSPS) is 18.0. The number of halogens is 4. The van der Waals surface area contributed by atoms with Gasteiger partial charge in [-0.15, -0.1) is 0 Å². The van der Waals surface area contributed by atoms with Crippen LogP contribution in [0, 0.1) is 13.8 Å². The summed E-state index contributed by atoms with van der Waals surface area (Å²) in [7, 11) is 0. The van der Waals surface area contributed by atoms with E-state index in [0.717, 1.165) is 17.5 Å². The molecule has 1 aliphatic rings. The van der Waals surface area contributed by atoms with Gasteiger partial charge in [0.1, 0.15) is 11.7 Å². The van der Waals surface area contributed by atoms with Gasteiger partial charge in [-0.2, -0.15) is 18.3 Å². The van der Waals surface area contributed by atoms with E-state index < -0.39 is 23.1 Å². The molecule has 0 radical (unpaired) electrons. The van der Waals surface area contributed by atoms with Crippen LogP contribution in [0.1, 0.15) is 17.0 Å². The van der Waals surface area contributed by atoms with E-state index in [-0.39, 0.29) is 5.84 Å². The number of hydrogen-bond donors (Lipinski definition) is 2. The lowest BCUT2D eigenvalue weighted by atomic mass is 10.1. The molecule has 1 unspecified atom stereocenters. The summed E-state index contributed by atoms with van der Waals surface area (Å²) in [5, 5.41) is 3.95. The zero-order chi connectivity index (χ0) is 19.2. The van der Waals surface area contributed by atoms with E-state index in [0.29, 0.717) is 11.5 Å². The van der Waals surface area contributed by atoms with Crippen LogP contribution in [-0.4, -0.2) is 21.9 Å². The molecule has 0 aliphatic carbocycles. The molecule has 0 fully saturated rings. The molecular formula is C16H16ClF3N6. The second-order valence-corrected chi connectivity index (χ2v) is 6.25. The van der Waals surface area contributed by atoms with Crippen molar-refractivity contribution in [2.45, 2.75) is 26.3 Å². The van der Waals surface area contributed by atoms with Crippen LogP contribution in [0.15, 0.2) is 35.3 Å². The average Bonchev–Trinajstić information content (AvgIpc) is 2.83. The van der Waals surface area contributed by atoms with Crippen LogP contribution in [-0.2, 0) is 6.18 Å². The van der Waals surface area contributed by atoms with E-state index in [1.54, 1.807) is 10.8 Å². The minimum Gasteiger partial charge on any atom is -0.384 e. The molecule has 0 saturated heterocycles. The minimum atomic E-state index is -4.55. The van der Waals surface area contributed by atoms with Gasteiger partial charge in [0.25, 0.3) is 0 Å². The van der Waals surface area contributed by atoms with Crippen molar-refractivity contribution in [3.8, 4) is 0 Å². The number of nitrogens with two attached hydrogens (primary N) is 2. The summed E-state index contributed by atoms with van der Waals surface area (Å²) >= 11 is 5.85. The van der Waals surface area contributed by atoms with Crippen LogP contribution in [0.5, 0.6) is 0 Å². The Morgan fingerprint density at radius 2 is 1.88 bits per heavy atom. The molecule has 6 nitrogen and oxygen atoms in total. The van der Waals surface area contributed by atoms with Gasteiger partial charge in [0.05, 0.1) is 16.3 Å². The predicted molar refractivity (Wildman–Crippen MR) is 94.5 cm³/mol. The Kier molecular flexibility index (Phi) is 4.45. The molecule has 0 saturated carbocycles. The van der Waals surface area contributed by atoms with Gasteiger partial charge in [0, 0.05) is 17.5 Å². The molecule has 1 aromatic carbocycles. The molecule has 1 atom stereocenters. The number of aryl methyl sites for hydroxylation is 2. The molecule has 0 spiro atoms. The monoisotopic (exact) mass is 384 g/mol. The quantitative estimate of drug-likeness (QED) is 0.833. The summed E-state index contributed by atoms with van der Waals surface area (Å²) in [6, 6.07) is 5.24. The Hall–Kier alpha value is -2.52. The molecule has 0 amide bonds. The molecule has 26 heavy (non-hydrogen) atoms. The molecule has 138 valence electrons. The van der Waals surface area contributed by atoms with Crippen molar-refractivity contribution in [2.24, 2.45) is 16.5 Å². The maximum atomic E-state index is 13.0. The van der Waals surface area contributed by atoms with E-state index in [2.05, 4.69) is 10.1 Å². The topological polar surface area (TPSA) is 85.5 Å². The van der Waals surface area contributed by atoms with Crippen LogP contribution in [0.4, 0.5) is 18.9 Å². The highest BCUT2D eigenvalue weighted by Gasteiger charge is 2.34. The summed E-state index contributed by atoms with van der Waals surface area (Å²) in [4.78, 5) is 5.58. The van der Waals surface area contributed by atoms with Gasteiger partial charge < -0.3 is 5.73 Å². The second-order valence-electron chi connectivity index (χ2n) is 5.84. The van der Waals surface area contributed by atoms with Gasteiger partial charge >= 0.3 is 6.18 Å². The van der Waals surface area contributed by atoms with Crippen LogP contribution in [0.3, 0.4) is 0 Å². The van der Waals surface area contributed by atoms with Gasteiger partial charge in [-0.3, -0.25) is 10.6 Å². The molecule has 2 aromatic rings. The lowest BCUT2D eigenvalue weighted by Crippen LogP contribution is -2.45. The van der Waals surface area contributed by atoms with E-state index >= 15 is 0 Å². The minimum absolute atomic E-state index is 0.189. The van der Waals surface area contributed by atoms with Crippen molar-refractivity contribution in [1.29, 1.82) is 0 Å². The first kappa shape index (κ1) is 18.3. The summed E-state index contributed by atoms with van der Waals surface area (Å²) in [6.45, 7) is 3.66. The molecular weight excluding hydrogens is 369 g/mol. The summed E-state index contributed by atoms with van der Waals surface area (Å²) in [6.07, 6.45) is -3.93. The number of nitrogens with zero attached hydrogens (tertiary/aromatic N) is 4. The number of aromatic nitrogens is 2. The van der Waals surface area contributed by atoms with Crippen molar-refractivity contribution in [2.75, 3.05) is 4.90 Å². The van der Waals surface area contributed by atoms with Gasteiger partial charge in [-0.05, 0) is 38.1 Å². The third-order valence-corrected chi connectivity index (χ3v) is 4.15. The van der Waals surface area contributed by atoms with Gasteiger partial charge in [-0.1, -0.05) is 11.6 Å². The smallest absolute Gasteiger partial charge is 0.384 e. The van der Waals surface area contributed by atoms with E-state index in [9.17, 15) is 13.2 Å². The second kappa shape index (κ2) is 6.33. The van der Waals surface area contributed by atoms with Crippen LogP contribution < -0.4 is 16.4 Å². The van der Waals surface area contributed by atoms with E-state index in [1.807, 2.05) is 19.9 Å². The Morgan fingerprint density at radius 1 is 1.19 bits per heavy atom. The van der Waals surface area contributed by atoms with Crippen molar-refractivity contribution < 1.29 is 13.2 Å². The molecule has 0 bridgehead atoms. The fourth-order valence-electron chi connectivity index (χ4n) is 2.78. The molecule has 10 heteroatoms. The largest absolute Gasteiger partial charge is 0.417 e. The maximum Gasteiger partial charge on any atom is 0.417 e. The molecule has 1 aliphatic heterocycles. The van der Waals surface area contributed by atoms with Gasteiger partial charge in [-0.25, -0.2) is 9.67 Å². The fourth-order valence-corrected chi connectivity index (χ4v) is 3.06. The first-order chi connectivity index (χ1) is 12.1. The summed E-state index contributed by atoms with van der Waals surface area (Å²) < 4.78 is 40.5. The Morgan fingerprint density at radius 3 is 2.42 bits per heavy atom. The Bertz CT molecular complexity index is 915. The lowest BCUT2D eigenvalue weighted by Gasteiger charge is -2.33. The first-order valence-electron chi connectivity index (χ1n) is 7.58. The standard InChI is InChI=1S/C16H16ClF3N6/c1-8-5-9(2)26(24-8)14-7-13(21)23-15(22)25(14)10-3-4-11(12(17)6-10)16(18,19)20/h3-7,15H,22H2,1-2H3,(H2,21,23). The fraction of sp³-hybridized carbons (Fsp3) is 0.250. The van der Waals surface area contributed by atoms with E-state index in [4.69, 9.17) is 23.1 Å². The third-order valence-electron chi connectivity index (χ3n) is 3.83. The Labute approximate surface area is 152 Å². The highest BCUT2D eigenvalue weighted by Crippen LogP contribution is 2.38. The predicted octanol–water partition coefficient (Wildman–Crippen LogP) is 3.09. The Balaban J connectivity index is 2.11. The SMILES string of the molecule is Cc1cc(C)n(C2=CC(N)=NC(N)N2c2ccc(C(F)(F)F)c(Cl)c2)n1. The zero-order valence-corrected chi connectivity index (χ0v) is 14.7. The highest BCUT2D eigenvalue weighted by molar-refractivity contribution is 6.31. The lowest BCUT2D eigenvalue weighted by molar-refractivity contribution is -0.137. The number of alkyl halides is 3. The number of hydrogen-bond acceptors (Lipinski definition) is 5.